The molecule has 0 spiro atoms. The van der Waals surface area contributed by atoms with Crippen LogP contribution in [0.1, 0.15) is 64.1 Å². The van der Waals surface area contributed by atoms with Crippen molar-refractivity contribution in [3.63, 3.8) is 0 Å². The number of ether oxygens (including phenoxy) is 1. The van der Waals surface area contributed by atoms with Gasteiger partial charge in [-0.05, 0) is 29.9 Å². The van der Waals surface area contributed by atoms with Crippen molar-refractivity contribution in [2.45, 2.75) is 59.0 Å². The van der Waals surface area contributed by atoms with Gasteiger partial charge in [0, 0.05) is 6.04 Å². The SMILES string of the molecule is CCC(C)C(NC(C)c1ccc(C(C)C)cc1)C(=O)OC. The lowest BCUT2D eigenvalue weighted by atomic mass is 9.96. The fourth-order valence-corrected chi connectivity index (χ4v) is 2.36. The molecule has 1 aromatic rings. The number of hydrogen-bond donors (Lipinski definition) is 1. The van der Waals surface area contributed by atoms with Crippen molar-refractivity contribution in [2.24, 2.45) is 5.92 Å². The Labute approximate surface area is 129 Å². The van der Waals surface area contributed by atoms with E-state index in [1.54, 1.807) is 0 Å². The monoisotopic (exact) mass is 291 g/mol. The Balaban J connectivity index is 2.81. The molecule has 3 atom stereocenters. The van der Waals surface area contributed by atoms with Crippen LogP contribution in [-0.2, 0) is 9.53 Å². The number of methoxy groups -OCH3 is 1. The number of carbonyl (C=O) groups excluding carboxylic acids is 1. The van der Waals surface area contributed by atoms with Crippen LogP contribution >= 0.6 is 0 Å². The van der Waals surface area contributed by atoms with E-state index in [1.165, 1.54) is 18.2 Å². The third-order valence-electron chi connectivity index (χ3n) is 4.20. The van der Waals surface area contributed by atoms with Crippen LogP contribution in [-0.4, -0.2) is 19.1 Å². The van der Waals surface area contributed by atoms with Crippen LogP contribution in [0.15, 0.2) is 24.3 Å². The standard InChI is InChI=1S/C18H29NO2/c1-7-13(4)17(18(20)21-6)19-14(5)16-10-8-15(9-11-16)12(2)3/h8-14,17,19H,7H2,1-6H3. The van der Waals surface area contributed by atoms with Gasteiger partial charge in [-0.1, -0.05) is 58.4 Å². The van der Waals surface area contributed by atoms with Crippen molar-refractivity contribution in [3.05, 3.63) is 35.4 Å². The minimum absolute atomic E-state index is 0.115. The van der Waals surface area contributed by atoms with E-state index >= 15 is 0 Å². The normalized spacial score (nSPS) is 15.6. The molecule has 0 aromatic heterocycles. The summed E-state index contributed by atoms with van der Waals surface area (Å²) in [5, 5.41) is 3.41. The summed E-state index contributed by atoms with van der Waals surface area (Å²) < 4.78 is 4.92. The molecule has 0 amide bonds. The van der Waals surface area contributed by atoms with Gasteiger partial charge in [-0.3, -0.25) is 10.1 Å². The predicted molar refractivity (Wildman–Crippen MR) is 87.3 cm³/mol. The Hall–Kier alpha value is -1.35. The minimum Gasteiger partial charge on any atom is -0.468 e. The average molecular weight is 291 g/mol. The maximum Gasteiger partial charge on any atom is 0.323 e. The summed E-state index contributed by atoms with van der Waals surface area (Å²) in [7, 11) is 1.45. The van der Waals surface area contributed by atoms with Gasteiger partial charge in [0.15, 0.2) is 0 Å². The van der Waals surface area contributed by atoms with Crippen molar-refractivity contribution in [1.82, 2.24) is 5.32 Å². The molecule has 3 nitrogen and oxygen atoms in total. The molecule has 3 heteroatoms. The van der Waals surface area contributed by atoms with Gasteiger partial charge in [0.05, 0.1) is 7.11 Å². The van der Waals surface area contributed by atoms with E-state index in [0.717, 1.165) is 6.42 Å². The highest BCUT2D eigenvalue weighted by molar-refractivity contribution is 5.76. The molecule has 0 heterocycles. The first-order valence-corrected chi connectivity index (χ1v) is 7.84. The van der Waals surface area contributed by atoms with Crippen LogP contribution in [0.5, 0.6) is 0 Å². The van der Waals surface area contributed by atoms with Crippen molar-refractivity contribution >= 4 is 5.97 Å². The van der Waals surface area contributed by atoms with E-state index in [4.69, 9.17) is 4.74 Å². The Morgan fingerprint density at radius 3 is 2.05 bits per heavy atom. The molecule has 0 saturated carbocycles. The molecule has 118 valence electrons. The number of rotatable bonds is 7. The molecule has 0 saturated heterocycles. The molecule has 0 bridgehead atoms. The molecule has 1 rings (SSSR count). The van der Waals surface area contributed by atoms with E-state index in [9.17, 15) is 4.79 Å². The fraction of sp³-hybridized carbons (Fsp3) is 0.611. The summed E-state index contributed by atoms with van der Waals surface area (Å²) in [6.45, 7) is 10.6. The Kier molecular flexibility index (Phi) is 6.90. The van der Waals surface area contributed by atoms with Gasteiger partial charge in [-0.2, -0.15) is 0 Å². The molecule has 3 unspecified atom stereocenters. The zero-order valence-corrected chi connectivity index (χ0v) is 14.1. The van der Waals surface area contributed by atoms with Gasteiger partial charge >= 0.3 is 5.97 Å². The lowest BCUT2D eigenvalue weighted by Crippen LogP contribution is -2.43. The first kappa shape index (κ1) is 17.7. The van der Waals surface area contributed by atoms with Crippen LogP contribution in [0.3, 0.4) is 0 Å². The zero-order chi connectivity index (χ0) is 16.0. The quantitative estimate of drug-likeness (QED) is 0.770. The molecule has 21 heavy (non-hydrogen) atoms. The van der Waals surface area contributed by atoms with E-state index in [1.807, 2.05) is 0 Å². The van der Waals surface area contributed by atoms with Gasteiger partial charge in [-0.15, -0.1) is 0 Å². The first-order chi connectivity index (χ1) is 9.90. The largest absolute Gasteiger partial charge is 0.468 e. The van der Waals surface area contributed by atoms with Gasteiger partial charge in [-0.25, -0.2) is 0 Å². The van der Waals surface area contributed by atoms with Crippen molar-refractivity contribution < 1.29 is 9.53 Å². The highest BCUT2D eigenvalue weighted by atomic mass is 16.5. The highest BCUT2D eigenvalue weighted by Gasteiger charge is 2.26. The maximum absolute atomic E-state index is 11.9. The second-order valence-electron chi connectivity index (χ2n) is 6.10. The number of benzene rings is 1. The number of hydrogen-bond acceptors (Lipinski definition) is 3. The smallest absolute Gasteiger partial charge is 0.323 e. The van der Waals surface area contributed by atoms with Crippen LogP contribution in [0.2, 0.25) is 0 Å². The molecule has 0 aliphatic rings. The van der Waals surface area contributed by atoms with Crippen molar-refractivity contribution in [3.8, 4) is 0 Å². The van der Waals surface area contributed by atoms with Gasteiger partial charge in [0.2, 0.25) is 0 Å². The lowest BCUT2D eigenvalue weighted by Gasteiger charge is -2.26. The van der Waals surface area contributed by atoms with Crippen LogP contribution < -0.4 is 5.32 Å². The predicted octanol–water partition coefficient (Wildman–Crippen LogP) is 4.05. The Morgan fingerprint density at radius 1 is 1.10 bits per heavy atom. The third kappa shape index (κ3) is 4.85. The van der Waals surface area contributed by atoms with E-state index in [0.29, 0.717) is 5.92 Å². The summed E-state index contributed by atoms with van der Waals surface area (Å²) in [5.74, 6) is 0.593. The highest BCUT2D eigenvalue weighted by Crippen LogP contribution is 2.20. The third-order valence-corrected chi connectivity index (χ3v) is 4.20. The van der Waals surface area contributed by atoms with Crippen LogP contribution in [0.4, 0.5) is 0 Å². The second-order valence-corrected chi connectivity index (χ2v) is 6.10. The van der Waals surface area contributed by atoms with E-state index in [-0.39, 0.29) is 24.0 Å². The van der Waals surface area contributed by atoms with Gasteiger partial charge < -0.3 is 4.74 Å². The lowest BCUT2D eigenvalue weighted by molar-refractivity contribution is -0.144. The molecule has 0 fully saturated rings. The molecule has 1 aromatic carbocycles. The summed E-state index contributed by atoms with van der Waals surface area (Å²) in [6.07, 6.45) is 0.936. The summed E-state index contributed by atoms with van der Waals surface area (Å²) in [5.41, 5.74) is 2.52. The second kappa shape index (κ2) is 8.18. The molecule has 0 radical (unpaired) electrons. The molecular formula is C18H29NO2. The molecule has 0 aliphatic heterocycles. The number of esters is 1. The van der Waals surface area contributed by atoms with E-state index < -0.39 is 0 Å². The van der Waals surface area contributed by atoms with Crippen LogP contribution in [0.25, 0.3) is 0 Å². The van der Waals surface area contributed by atoms with Crippen molar-refractivity contribution in [2.75, 3.05) is 7.11 Å². The maximum atomic E-state index is 11.9. The average Bonchev–Trinajstić information content (AvgIpc) is 2.50. The van der Waals surface area contributed by atoms with Crippen molar-refractivity contribution in [1.29, 1.82) is 0 Å². The number of nitrogens with one attached hydrogen (secondary N) is 1. The Morgan fingerprint density at radius 2 is 1.62 bits per heavy atom. The zero-order valence-electron chi connectivity index (χ0n) is 14.1. The number of carbonyl (C=O) groups is 1. The molecule has 1 N–H and O–H groups in total. The summed E-state index contributed by atoms with van der Waals surface area (Å²) >= 11 is 0. The van der Waals surface area contributed by atoms with Gasteiger partial charge in [0.1, 0.15) is 6.04 Å². The molecule has 0 aliphatic carbocycles. The van der Waals surface area contributed by atoms with Gasteiger partial charge in [0.25, 0.3) is 0 Å². The fourth-order valence-electron chi connectivity index (χ4n) is 2.36. The van der Waals surface area contributed by atoms with E-state index in [2.05, 4.69) is 64.2 Å². The first-order valence-electron chi connectivity index (χ1n) is 7.84. The molecular weight excluding hydrogens is 262 g/mol. The van der Waals surface area contributed by atoms with Crippen LogP contribution in [0, 0.1) is 5.92 Å². The summed E-state index contributed by atoms with van der Waals surface area (Å²) in [6, 6.07) is 8.45. The Bertz CT molecular complexity index is 439. The minimum atomic E-state index is -0.264. The topological polar surface area (TPSA) is 38.3 Å². The summed E-state index contributed by atoms with van der Waals surface area (Å²) in [4.78, 5) is 11.9.